The number of hydrogen-bond acceptors (Lipinski definition) is 4. The minimum absolute atomic E-state index is 0.181. The van der Waals surface area contributed by atoms with Gasteiger partial charge in [0.15, 0.2) is 0 Å². The molecule has 0 aliphatic heterocycles. The Morgan fingerprint density at radius 3 is 2.35 bits per heavy atom. The largest absolute Gasteiger partial charge is 0.480 e. The van der Waals surface area contributed by atoms with Crippen molar-refractivity contribution in [3.8, 4) is 0 Å². The van der Waals surface area contributed by atoms with Gasteiger partial charge in [0.25, 0.3) is 0 Å². The number of rotatable bonds is 8. The number of nitrogens with zero attached hydrogens (tertiary/aromatic N) is 2. The number of carboxylic acids is 1. The number of carboxylic acid groups (broad SMARTS) is 1. The van der Waals surface area contributed by atoms with Gasteiger partial charge in [-0.3, -0.25) is 9.59 Å². The second kappa shape index (κ2) is 9.45. The molecule has 0 saturated heterocycles. The second-order valence-corrected chi connectivity index (χ2v) is 5.21. The van der Waals surface area contributed by atoms with Gasteiger partial charge in [-0.2, -0.15) is 0 Å². The third kappa shape index (κ3) is 7.30. The summed E-state index contributed by atoms with van der Waals surface area (Å²) < 4.78 is 5.16. The number of ether oxygens (including phenoxy) is 1. The van der Waals surface area contributed by atoms with Crippen LogP contribution in [-0.4, -0.2) is 60.1 Å². The maximum absolute atomic E-state index is 11.8. The van der Waals surface area contributed by atoms with Gasteiger partial charge in [-0.15, -0.1) is 0 Å². The van der Waals surface area contributed by atoms with Crippen LogP contribution >= 0.6 is 0 Å². The molecule has 1 aromatic rings. The molecule has 7 nitrogen and oxygen atoms in total. The molecule has 0 spiro atoms. The van der Waals surface area contributed by atoms with Gasteiger partial charge in [-0.05, 0) is 12.0 Å². The lowest BCUT2D eigenvalue weighted by molar-refractivity contribution is -0.143. The highest BCUT2D eigenvalue weighted by Crippen LogP contribution is 2.04. The van der Waals surface area contributed by atoms with Crippen LogP contribution in [0.4, 0.5) is 4.79 Å². The number of amides is 2. The van der Waals surface area contributed by atoms with Gasteiger partial charge in [0.05, 0.1) is 0 Å². The highest BCUT2D eigenvalue weighted by molar-refractivity contribution is 5.81. The summed E-state index contributed by atoms with van der Waals surface area (Å²) in [6.45, 7) is 0.234. The van der Waals surface area contributed by atoms with Crippen molar-refractivity contribution in [3.63, 3.8) is 0 Å². The van der Waals surface area contributed by atoms with Crippen molar-refractivity contribution in [2.24, 2.45) is 0 Å². The highest BCUT2D eigenvalue weighted by Gasteiger charge is 2.14. The maximum atomic E-state index is 11.8. The molecule has 1 rings (SSSR count). The monoisotopic (exact) mass is 322 g/mol. The Labute approximate surface area is 135 Å². The zero-order valence-corrected chi connectivity index (χ0v) is 13.4. The van der Waals surface area contributed by atoms with Crippen molar-refractivity contribution in [1.82, 2.24) is 9.80 Å². The van der Waals surface area contributed by atoms with E-state index in [0.717, 1.165) is 10.5 Å². The molecule has 0 aliphatic carbocycles. The molecule has 0 aliphatic rings. The Bertz CT molecular complexity index is 533. The van der Waals surface area contributed by atoms with Gasteiger partial charge in [0, 0.05) is 27.1 Å². The fraction of sp³-hybridized carbons (Fsp3) is 0.438. The molecule has 1 aromatic carbocycles. The standard InChI is InChI=1S/C16H22N2O5/c1-17(10-6-9-14(19)18(2)11-15(20)21)16(22)23-12-13-7-4-3-5-8-13/h3-5,7-8H,6,9-12H2,1-2H3,(H,20,21). The van der Waals surface area contributed by atoms with Crippen LogP contribution in [0.3, 0.4) is 0 Å². The molecule has 0 aromatic heterocycles. The summed E-state index contributed by atoms with van der Waals surface area (Å²) in [5.41, 5.74) is 0.903. The first-order valence-corrected chi connectivity index (χ1v) is 7.27. The first-order chi connectivity index (χ1) is 10.9. The van der Waals surface area contributed by atoms with Crippen molar-refractivity contribution in [3.05, 3.63) is 35.9 Å². The average Bonchev–Trinajstić information content (AvgIpc) is 2.52. The van der Waals surface area contributed by atoms with Crippen molar-refractivity contribution >= 4 is 18.0 Å². The number of benzene rings is 1. The molecule has 2 amide bonds. The summed E-state index contributed by atoms with van der Waals surface area (Å²) in [6.07, 6.45) is 0.167. The van der Waals surface area contributed by atoms with Crippen LogP contribution in [0, 0.1) is 0 Å². The van der Waals surface area contributed by atoms with Crippen LogP contribution in [0.15, 0.2) is 30.3 Å². The van der Waals surface area contributed by atoms with Crippen LogP contribution in [0.25, 0.3) is 0 Å². The van der Waals surface area contributed by atoms with E-state index in [1.807, 2.05) is 30.3 Å². The van der Waals surface area contributed by atoms with E-state index in [1.165, 1.54) is 11.9 Å². The molecule has 0 fully saturated rings. The van der Waals surface area contributed by atoms with Crippen LogP contribution in [0.1, 0.15) is 18.4 Å². The molecule has 0 bridgehead atoms. The Morgan fingerprint density at radius 2 is 1.74 bits per heavy atom. The van der Waals surface area contributed by atoms with E-state index in [2.05, 4.69) is 0 Å². The minimum Gasteiger partial charge on any atom is -0.480 e. The van der Waals surface area contributed by atoms with Gasteiger partial charge >= 0.3 is 12.1 Å². The van der Waals surface area contributed by atoms with Crippen LogP contribution in [0.5, 0.6) is 0 Å². The van der Waals surface area contributed by atoms with Gasteiger partial charge in [0.1, 0.15) is 13.2 Å². The quantitative estimate of drug-likeness (QED) is 0.785. The number of carbonyl (C=O) groups excluding carboxylic acids is 2. The number of aliphatic carboxylic acids is 1. The van der Waals surface area contributed by atoms with Crippen molar-refractivity contribution in [2.45, 2.75) is 19.4 Å². The summed E-state index contributed by atoms with van der Waals surface area (Å²) in [7, 11) is 3.03. The smallest absolute Gasteiger partial charge is 0.409 e. The Balaban J connectivity index is 2.25. The zero-order chi connectivity index (χ0) is 17.2. The van der Waals surface area contributed by atoms with E-state index in [0.29, 0.717) is 13.0 Å². The van der Waals surface area contributed by atoms with E-state index in [-0.39, 0.29) is 25.5 Å². The minimum atomic E-state index is -1.05. The van der Waals surface area contributed by atoms with Crippen LogP contribution < -0.4 is 0 Å². The number of carbonyl (C=O) groups is 3. The Kier molecular flexibility index (Phi) is 7.59. The third-order valence-corrected chi connectivity index (χ3v) is 3.20. The van der Waals surface area contributed by atoms with Crippen LogP contribution in [-0.2, 0) is 20.9 Å². The average molecular weight is 322 g/mol. The number of likely N-dealkylation sites (N-methyl/N-ethyl adjacent to an activating group) is 1. The van der Waals surface area contributed by atoms with Gasteiger partial charge in [-0.25, -0.2) is 4.79 Å². The van der Waals surface area contributed by atoms with Crippen molar-refractivity contribution < 1.29 is 24.2 Å². The molecule has 0 radical (unpaired) electrons. The molecule has 0 unspecified atom stereocenters. The molecular weight excluding hydrogens is 300 g/mol. The van der Waals surface area contributed by atoms with Gasteiger partial charge in [0.2, 0.25) is 5.91 Å². The molecule has 0 heterocycles. The topological polar surface area (TPSA) is 87.2 Å². The Morgan fingerprint density at radius 1 is 1.09 bits per heavy atom. The molecule has 23 heavy (non-hydrogen) atoms. The lowest BCUT2D eigenvalue weighted by atomic mass is 10.2. The predicted octanol–water partition coefficient (Wildman–Crippen LogP) is 1.58. The maximum Gasteiger partial charge on any atom is 0.409 e. The van der Waals surface area contributed by atoms with E-state index in [4.69, 9.17) is 9.84 Å². The summed E-state index contributed by atoms with van der Waals surface area (Å²) >= 11 is 0. The summed E-state index contributed by atoms with van der Waals surface area (Å²) in [4.78, 5) is 36.5. The van der Waals surface area contributed by atoms with E-state index >= 15 is 0 Å². The number of hydrogen-bond donors (Lipinski definition) is 1. The molecule has 0 saturated carbocycles. The lowest BCUT2D eigenvalue weighted by Crippen LogP contribution is -2.33. The van der Waals surface area contributed by atoms with E-state index < -0.39 is 12.1 Å². The molecule has 7 heteroatoms. The fourth-order valence-electron chi connectivity index (χ4n) is 1.87. The highest BCUT2D eigenvalue weighted by atomic mass is 16.6. The first-order valence-electron chi connectivity index (χ1n) is 7.27. The lowest BCUT2D eigenvalue weighted by Gasteiger charge is -2.18. The van der Waals surface area contributed by atoms with E-state index in [1.54, 1.807) is 7.05 Å². The van der Waals surface area contributed by atoms with Gasteiger partial charge in [-0.1, -0.05) is 30.3 Å². The molecular formula is C16H22N2O5. The molecule has 126 valence electrons. The molecule has 0 atom stereocenters. The van der Waals surface area contributed by atoms with Crippen molar-refractivity contribution in [1.29, 1.82) is 0 Å². The summed E-state index contributed by atoms with van der Waals surface area (Å²) in [5, 5.41) is 8.61. The zero-order valence-electron chi connectivity index (χ0n) is 13.4. The Hall–Kier alpha value is -2.57. The first kappa shape index (κ1) is 18.5. The SMILES string of the molecule is CN(CC(=O)O)C(=O)CCCN(C)C(=O)OCc1ccccc1. The second-order valence-electron chi connectivity index (χ2n) is 5.21. The summed E-state index contributed by atoms with van der Waals surface area (Å²) in [6, 6.07) is 9.35. The van der Waals surface area contributed by atoms with Crippen LogP contribution in [0.2, 0.25) is 0 Å². The normalized spacial score (nSPS) is 10.0. The van der Waals surface area contributed by atoms with Crippen molar-refractivity contribution in [2.75, 3.05) is 27.2 Å². The fourth-order valence-corrected chi connectivity index (χ4v) is 1.87. The summed E-state index contributed by atoms with van der Waals surface area (Å²) in [5.74, 6) is -1.32. The third-order valence-electron chi connectivity index (χ3n) is 3.20. The molecule has 1 N–H and O–H groups in total. The van der Waals surface area contributed by atoms with Gasteiger partial charge < -0.3 is 19.6 Å². The van der Waals surface area contributed by atoms with E-state index in [9.17, 15) is 14.4 Å². The predicted molar refractivity (Wildman–Crippen MR) is 83.8 cm³/mol.